The SMILES string of the molecule is N#Cc1cc(-n2c(CCl)nc3cc(F)ccc32)ccc1F. The van der Waals surface area contributed by atoms with Gasteiger partial charge in [-0.15, -0.1) is 11.6 Å². The first-order valence-electron chi connectivity index (χ1n) is 6.07. The van der Waals surface area contributed by atoms with Gasteiger partial charge in [0.25, 0.3) is 0 Å². The lowest BCUT2D eigenvalue weighted by molar-refractivity contribution is 0.623. The quantitative estimate of drug-likeness (QED) is 0.673. The summed E-state index contributed by atoms with van der Waals surface area (Å²) in [5.41, 5.74) is 1.57. The highest BCUT2D eigenvalue weighted by molar-refractivity contribution is 6.17. The first kappa shape index (κ1) is 13.5. The molecule has 21 heavy (non-hydrogen) atoms. The average Bonchev–Trinajstić information content (AvgIpc) is 2.85. The molecule has 0 fully saturated rings. The van der Waals surface area contributed by atoms with Gasteiger partial charge in [0.15, 0.2) is 0 Å². The number of nitriles is 1. The Labute approximate surface area is 124 Å². The molecule has 2 aromatic carbocycles. The fourth-order valence-corrected chi connectivity index (χ4v) is 2.40. The second-order valence-corrected chi connectivity index (χ2v) is 4.67. The van der Waals surface area contributed by atoms with Crippen molar-refractivity contribution in [3.05, 3.63) is 59.4 Å². The number of imidazole rings is 1. The number of rotatable bonds is 2. The molecule has 1 aromatic heterocycles. The molecule has 0 aliphatic heterocycles. The van der Waals surface area contributed by atoms with Crippen molar-refractivity contribution in [2.75, 3.05) is 0 Å². The van der Waals surface area contributed by atoms with Gasteiger partial charge >= 0.3 is 0 Å². The first-order valence-corrected chi connectivity index (χ1v) is 6.60. The standard InChI is InChI=1S/C15H8ClF2N3/c16-7-15-20-13-6-10(17)1-4-14(13)21(15)11-2-3-12(18)9(5-11)8-19/h1-6H,7H2. The van der Waals surface area contributed by atoms with E-state index in [1.165, 1.54) is 30.3 Å². The van der Waals surface area contributed by atoms with Crippen molar-refractivity contribution in [1.82, 2.24) is 9.55 Å². The van der Waals surface area contributed by atoms with Crippen LogP contribution in [0.4, 0.5) is 8.78 Å². The van der Waals surface area contributed by atoms with Crippen molar-refractivity contribution in [3.8, 4) is 11.8 Å². The van der Waals surface area contributed by atoms with Gasteiger partial charge in [0.05, 0.1) is 22.5 Å². The lowest BCUT2D eigenvalue weighted by atomic mass is 10.2. The van der Waals surface area contributed by atoms with Crippen LogP contribution in [0.25, 0.3) is 16.7 Å². The molecule has 0 bridgehead atoms. The Morgan fingerprint density at radius 2 is 2.00 bits per heavy atom. The van der Waals surface area contributed by atoms with Crippen molar-refractivity contribution in [1.29, 1.82) is 5.26 Å². The number of hydrogen-bond donors (Lipinski definition) is 0. The minimum atomic E-state index is -0.593. The van der Waals surface area contributed by atoms with E-state index in [1.54, 1.807) is 16.7 Å². The molecule has 0 spiro atoms. The van der Waals surface area contributed by atoms with Crippen molar-refractivity contribution in [3.63, 3.8) is 0 Å². The van der Waals surface area contributed by atoms with E-state index in [4.69, 9.17) is 16.9 Å². The molecule has 0 aliphatic rings. The van der Waals surface area contributed by atoms with Gasteiger partial charge in [0.2, 0.25) is 0 Å². The highest BCUT2D eigenvalue weighted by atomic mass is 35.5. The summed E-state index contributed by atoms with van der Waals surface area (Å²) >= 11 is 5.88. The van der Waals surface area contributed by atoms with Crippen LogP contribution in [-0.2, 0) is 5.88 Å². The van der Waals surface area contributed by atoms with E-state index in [2.05, 4.69) is 4.98 Å². The third-order valence-electron chi connectivity index (χ3n) is 3.13. The van der Waals surface area contributed by atoms with E-state index in [-0.39, 0.29) is 11.4 Å². The molecule has 1 heterocycles. The van der Waals surface area contributed by atoms with Gasteiger partial charge in [-0.05, 0) is 30.3 Å². The van der Waals surface area contributed by atoms with Gasteiger partial charge in [-0.3, -0.25) is 4.57 Å². The van der Waals surface area contributed by atoms with Crippen molar-refractivity contribution >= 4 is 22.6 Å². The minimum Gasteiger partial charge on any atom is -0.295 e. The van der Waals surface area contributed by atoms with E-state index in [0.717, 1.165) is 0 Å². The number of hydrogen-bond acceptors (Lipinski definition) is 2. The zero-order valence-corrected chi connectivity index (χ0v) is 11.4. The normalized spacial score (nSPS) is 10.8. The fraction of sp³-hybridized carbons (Fsp3) is 0.0667. The zero-order valence-electron chi connectivity index (χ0n) is 10.6. The largest absolute Gasteiger partial charge is 0.295 e. The molecule has 0 radical (unpaired) electrons. The molecule has 0 atom stereocenters. The molecule has 3 rings (SSSR count). The fourth-order valence-electron chi connectivity index (χ4n) is 2.22. The molecule has 6 heteroatoms. The van der Waals surface area contributed by atoms with Crippen LogP contribution in [0.15, 0.2) is 36.4 Å². The van der Waals surface area contributed by atoms with Gasteiger partial charge in [0, 0.05) is 11.8 Å². The number of halogens is 3. The molecule has 104 valence electrons. The number of nitrogens with zero attached hydrogens (tertiary/aromatic N) is 3. The Kier molecular flexibility index (Phi) is 3.32. The molecular weight excluding hydrogens is 296 g/mol. The summed E-state index contributed by atoms with van der Waals surface area (Å²) in [6.45, 7) is 0. The number of aromatic nitrogens is 2. The maximum atomic E-state index is 13.4. The van der Waals surface area contributed by atoms with E-state index in [1.807, 2.05) is 0 Å². The molecule has 0 saturated heterocycles. The van der Waals surface area contributed by atoms with Crippen molar-refractivity contribution in [2.24, 2.45) is 0 Å². The van der Waals surface area contributed by atoms with Crippen LogP contribution in [0.3, 0.4) is 0 Å². The average molecular weight is 304 g/mol. The number of benzene rings is 2. The van der Waals surface area contributed by atoms with Gasteiger partial charge in [-0.2, -0.15) is 5.26 Å². The van der Waals surface area contributed by atoms with Crippen LogP contribution in [0.2, 0.25) is 0 Å². The second-order valence-electron chi connectivity index (χ2n) is 4.41. The molecule has 0 unspecified atom stereocenters. The molecular formula is C15H8ClF2N3. The van der Waals surface area contributed by atoms with Crippen LogP contribution in [0, 0.1) is 23.0 Å². The van der Waals surface area contributed by atoms with Crippen LogP contribution >= 0.6 is 11.6 Å². The summed E-state index contributed by atoms with van der Waals surface area (Å²) in [7, 11) is 0. The highest BCUT2D eigenvalue weighted by Crippen LogP contribution is 2.24. The van der Waals surface area contributed by atoms with Crippen molar-refractivity contribution in [2.45, 2.75) is 5.88 Å². The van der Waals surface area contributed by atoms with Crippen LogP contribution in [0.5, 0.6) is 0 Å². The van der Waals surface area contributed by atoms with Crippen LogP contribution in [0.1, 0.15) is 11.4 Å². The van der Waals surface area contributed by atoms with E-state index >= 15 is 0 Å². The Bertz CT molecular complexity index is 880. The Morgan fingerprint density at radius 1 is 1.19 bits per heavy atom. The lowest BCUT2D eigenvalue weighted by Gasteiger charge is -2.08. The van der Waals surface area contributed by atoms with Crippen molar-refractivity contribution < 1.29 is 8.78 Å². The molecule has 0 aliphatic carbocycles. The van der Waals surface area contributed by atoms with Gasteiger partial charge in [-0.1, -0.05) is 0 Å². The predicted octanol–water partition coefficient (Wildman–Crippen LogP) is 3.91. The maximum absolute atomic E-state index is 13.4. The third-order valence-corrected chi connectivity index (χ3v) is 3.37. The third kappa shape index (κ3) is 2.24. The number of fused-ring (bicyclic) bond motifs is 1. The first-order chi connectivity index (χ1) is 10.1. The second kappa shape index (κ2) is 5.15. The molecule has 0 N–H and O–H groups in total. The zero-order chi connectivity index (χ0) is 15.0. The van der Waals surface area contributed by atoms with Gasteiger partial charge in [-0.25, -0.2) is 13.8 Å². The van der Waals surface area contributed by atoms with E-state index in [9.17, 15) is 8.78 Å². The monoisotopic (exact) mass is 303 g/mol. The summed E-state index contributed by atoms with van der Waals surface area (Å²) in [5.74, 6) is -0.391. The van der Waals surface area contributed by atoms with E-state index in [0.29, 0.717) is 22.5 Å². The Balaban J connectivity index is 2.31. The Morgan fingerprint density at radius 3 is 2.71 bits per heavy atom. The topological polar surface area (TPSA) is 41.6 Å². The van der Waals surface area contributed by atoms with Crippen LogP contribution in [-0.4, -0.2) is 9.55 Å². The maximum Gasteiger partial charge on any atom is 0.141 e. The van der Waals surface area contributed by atoms with Gasteiger partial charge < -0.3 is 0 Å². The summed E-state index contributed by atoms with van der Waals surface area (Å²) in [4.78, 5) is 4.26. The molecule has 3 nitrogen and oxygen atoms in total. The lowest BCUT2D eigenvalue weighted by Crippen LogP contribution is -2.00. The molecule has 3 aromatic rings. The summed E-state index contributed by atoms with van der Waals surface area (Å²) in [6.07, 6.45) is 0. The summed E-state index contributed by atoms with van der Waals surface area (Å²) in [5, 5.41) is 8.93. The summed E-state index contributed by atoms with van der Waals surface area (Å²) < 4.78 is 28.4. The molecule has 0 saturated carbocycles. The van der Waals surface area contributed by atoms with Crippen LogP contribution < -0.4 is 0 Å². The predicted molar refractivity (Wildman–Crippen MR) is 75.3 cm³/mol. The smallest absolute Gasteiger partial charge is 0.141 e. The number of alkyl halides is 1. The minimum absolute atomic E-state index is 0.0722. The highest BCUT2D eigenvalue weighted by Gasteiger charge is 2.14. The summed E-state index contributed by atoms with van der Waals surface area (Å²) in [6, 6.07) is 10.1. The van der Waals surface area contributed by atoms with E-state index < -0.39 is 11.6 Å². The molecule has 0 amide bonds. The van der Waals surface area contributed by atoms with Gasteiger partial charge in [0.1, 0.15) is 23.5 Å². The Hall–Kier alpha value is -2.45.